The molecule has 0 spiro atoms. The molecule has 2 rings (SSSR count). The van der Waals surface area contributed by atoms with Gasteiger partial charge in [-0.2, -0.15) is 11.3 Å². The van der Waals surface area contributed by atoms with Gasteiger partial charge in [-0.25, -0.2) is 4.79 Å². The van der Waals surface area contributed by atoms with Crippen molar-refractivity contribution in [1.29, 1.82) is 0 Å². The lowest BCUT2D eigenvalue weighted by atomic mass is 10.2. The number of rotatable bonds is 7. The van der Waals surface area contributed by atoms with E-state index in [2.05, 4.69) is 10.7 Å². The van der Waals surface area contributed by atoms with Gasteiger partial charge in [-0.15, -0.1) is 0 Å². The van der Waals surface area contributed by atoms with E-state index in [-0.39, 0.29) is 6.03 Å². The zero-order chi connectivity index (χ0) is 14.9. The van der Waals surface area contributed by atoms with Gasteiger partial charge >= 0.3 is 6.03 Å². The highest BCUT2D eigenvalue weighted by Crippen LogP contribution is 2.10. The minimum Gasteiger partial charge on any atom is -0.383 e. The van der Waals surface area contributed by atoms with Gasteiger partial charge in [-0.3, -0.25) is 0 Å². The highest BCUT2D eigenvalue weighted by atomic mass is 32.1. The summed E-state index contributed by atoms with van der Waals surface area (Å²) in [5.41, 5.74) is 2.24. The van der Waals surface area contributed by atoms with Crippen LogP contribution in [0.5, 0.6) is 0 Å². The smallest absolute Gasteiger partial charge is 0.318 e. The highest BCUT2D eigenvalue weighted by molar-refractivity contribution is 7.07. The largest absolute Gasteiger partial charge is 0.383 e. The maximum absolute atomic E-state index is 12.3. The van der Waals surface area contributed by atoms with Crippen molar-refractivity contribution >= 4 is 17.4 Å². The number of carbonyl (C=O) groups is 1. The van der Waals surface area contributed by atoms with Crippen molar-refractivity contribution in [3.05, 3.63) is 58.3 Å². The highest BCUT2D eigenvalue weighted by Gasteiger charge is 2.13. The lowest BCUT2D eigenvalue weighted by Gasteiger charge is -2.22. The number of ether oxygens (including phenoxy) is 1. The summed E-state index contributed by atoms with van der Waals surface area (Å²) in [5, 5.41) is 7.03. The van der Waals surface area contributed by atoms with E-state index in [0.29, 0.717) is 26.2 Å². The summed E-state index contributed by atoms with van der Waals surface area (Å²) in [6.07, 6.45) is 0. The van der Waals surface area contributed by atoms with Crippen molar-refractivity contribution in [2.45, 2.75) is 13.1 Å². The molecule has 0 fully saturated rings. The first-order valence-electron chi connectivity index (χ1n) is 6.86. The van der Waals surface area contributed by atoms with Gasteiger partial charge < -0.3 is 15.0 Å². The molecule has 0 atom stereocenters. The summed E-state index contributed by atoms with van der Waals surface area (Å²) in [6.45, 7) is 2.25. The summed E-state index contributed by atoms with van der Waals surface area (Å²) >= 11 is 1.64. The Balaban J connectivity index is 1.90. The van der Waals surface area contributed by atoms with Crippen LogP contribution in [0.3, 0.4) is 0 Å². The first kappa shape index (κ1) is 15.5. The molecular formula is C16H20N2O2S. The Morgan fingerprint density at radius 2 is 2.05 bits per heavy atom. The SMILES string of the molecule is COCCN(Cc1ccsc1)C(=O)NCc1ccccc1. The molecule has 4 nitrogen and oxygen atoms in total. The van der Waals surface area contributed by atoms with Crippen LogP contribution in [0.15, 0.2) is 47.2 Å². The standard InChI is InChI=1S/C16H20N2O2S/c1-20-9-8-18(12-15-7-10-21-13-15)16(19)17-11-14-5-3-2-4-6-14/h2-7,10,13H,8-9,11-12H2,1H3,(H,17,19). The van der Waals surface area contributed by atoms with Crippen LogP contribution in [0.2, 0.25) is 0 Å². The van der Waals surface area contributed by atoms with Gasteiger partial charge in [-0.05, 0) is 28.0 Å². The van der Waals surface area contributed by atoms with Crippen LogP contribution in [0, 0.1) is 0 Å². The number of methoxy groups -OCH3 is 1. The molecule has 1 aromatic carbocycles. The fourth-order valence-corrected chi connectivity index (χ4v) is 2.60. The maximum atomic E-state index is 12.3. The summed E-state index contributed by atoms with van der Waals surface area (Å²) in [6, 6.07) is 11.9. The Kier molecular flexibility index (Phi) is 6.24. The number of carbonyl (C=O) groups excluding carboxylic acids is 1. The molecule has 0 radical (unpaired) electrons. The average molecular weight is 304 g/mol. The Morgan fingerprint density at radius 3 is 2.71 bits per heavy atom. The lowest BCUT2D eigenvalue weighted by molar-refractivity contribution is 0.146. The first-order chi connectivity index (χ1) is 10.3. The van der Waals surface area contributed by atoms with Gasteiger partial charge in [0.05, 0.1) is 6.61 Å². The third kappa shape index (κ3) is 5.21. The van der Waals surface area contributed by atoms with Crippen LogP contribution in [-0.4, -0.2) is 31.2 Å². The minimum atomic E-state index is -0.0675. The number of nitrogens with zero attached hydrogens (tertiary/aromatic N) is 1. The molecule has 1 N–H and O–H groups in total. The number of thiophene rings is 1. The van der Waals surface area contributed by atoms with Crippen molar-refractivity contribution in [2.75, 3.05) is 20.3 Å². The summed E-state index contributed by atoms with van der Waals surface area (Å²) < 4.78 is 5.09. The molecule has 0 unspecified atom stereocenters. The predicted molar refractivity (Wildman–Crippen MR) is 85.3 cm³/mol. The molecule has 0 bridgehead atoms. The second-order valence-corrected chi connectivity index (χ2v) is 5.47. The molecule has 21 heavy (non-hydrogen) atoms. The van der Waals surface area contributed by atoms with Gasteiger partial charge in [0.1, 0.15) is 0 Å². The van der Waals surface area contributed by atoms with E-state index < -0.39 is 0 Å². The summed E-state index contributed by atoms with van der Waals surface area (Å²) in [5.74, 6) is 0. The van der Waals surface area contributed by atoms with E-state index in [9.17, 15) is 4.79 Å². The Labute approximate surface area is 129 Å². The number of urea groups is 1. The molecule has 0 aliphatic carbocycles. The van der Waals surface area contributed by atoms with Gasteiger partial charge in [-0.1, -0.05) is 30.3 Å². The zero-order valence-corrected chi connectivity index (χ0v) is 12.9. The first-order valence-corrected chi connectivity index (χ1v) is 7.80. The van der Waals surface area contributed by atoms with E-state index in [0.717, 1.165) is 11.1 Å². The van der Waals surface area contributed by atoms with Crippen molar-refractivity contribution in [3.8, 4) is 0 Å². The number of benzene rings is 1. The number of hydrogen-bond acceptors (Lipinski definition) is 3. The molecule has 0 aliphatic heterocycles. The van der Waals surface area contributed by atoms with Crippen LogP contribution in [0.4, 0.5) is 4.79 Å². The Morgan fingerprint density at radius 1 is 1.24 bits per heavy atom. The average Bonchev–Trinajstić information content (AvgIpc) is 3.03. The van der Waals surface area contributed by atoms with Crippen LogP contribution < -0.4 is 5.32 Å². The molecule has 0 saturated carbocycles. The predicted octanol–water partition coefficient (Wildman–Crippen LogP) is 3.11. The van der Waals surface area contributed by atoms with Crippen molar-refractivity contribution < 1.29 is 9.53 Å². The zero-order valence-electron chi connectivity index (χ0n) is 12.1. The molecule has 5 heteroatoms. The molecule has 112 valence electrons. The number of hydrogen-bond donors (Lipinski definition) is 1. The number of amides is 2. The van der Waals surface area contributed by atoms with Gasteiger partial charge in [0.25, 0.3) is 0 Å². The summed E-state index contributed by atoms with van der Waals surface area (Å²) in [4.78, 5) is 14.1. The lowest BCUT2D eigenvalue weighted by Crippen LogP contribution is -2.40. The molecule has 0 saturated heterocycles. The Hall–Kier alpha value is -1.85. The second-order valence-electron chi connectivity index (χ2n) is 4.69. The van der Waals surface area contributed by atoms with Crippen molar-refractivity contribution in [3.63, 3.8) is 0 Å². The Bertz CT molecular complexity index is 528. The van der Waals surface area contributed by atoms with Gasteiger partial charge in [0, 0.05) is 26.7 Å². The topological polar surface area (TPSA) is 41.6 Å². The van der Waals surface area contributed by atoms with Gasteiger partial charge in [0.15, 0.2) is 0 Å². The minimum absolute atomic E-state index is 0.0675. The third-order valence-electron chi connectivity index (χ3n) is 3.09. The molecule has 1 aromatic heterocycles. The van der Waals surface area contributed by atoms with E-state index in [4.69, 9.17) is 4.74 Å². The molecule has 2 aromatic rings. The van der Waals surface area contributed by atoms with E-state index in [1.165, 1.54) is 0 Å². The fraction of sp³-hybridized carbons (Fsp3) is 0.312. The third-order valence-corrected chi connectivity index (χ3v) is 3.82. The molecule has 0 aliphatic rings. The maximum Gasteiger partial charge on any atom is 0.318 e. The van der Waals surface area contributed by atoms with Crippen LogP contribution in [0.1, 0.15) is 11.1 Å². The van der Waals surface area contributed by atoms with Crippen LogP contribution in [0.25, 0.3) is 0 Å². The molecular weight excluding hydrogens is 284 g/mol. The number of nitrogens with one attached hydrogen (secondary N) is 1. The van der Waals surface area contributed by atoms with E-state index in [1.807, 2.05) is 41.8 Å². The van der Waals surface area contributed by atoms with E-state index in [1.54, 1.807) is 23.3 Å². The van der Waals surface area contributed by atoms with E-state index >= 15 is 0 Å². The monoisotopic (exact) mass is 304 g/mol. The van der Waals surface area contributed by atoms with Crippen molar-refractivity contribution in [1.82, 2.24) is 10.2 Å². The summed E-state index contributed by atoms with van der Waals surface area (Å²) in [7, 11) is 1.64. The quantitative estimate of drug-likeness (QED) is 0.854. The van der Waals surface area contributed by atoms with Crippen LogP contribution in [-0.2, 0) is 17.8 Å². The molecule has 1 heterocycles. The normalized spacial score (nSPS) is 10.3. The van der Waals surface area contributed by atoms with Crippen LogP contribution >= 0.6 is 11.3 Å². The second kappa shape index (κ2) is 8.44. The van der Waals surface area contributed by atoms with Crippen molar-refractivity contribution in [2.24, 2.45) is 0 Å². The molecule has 2 amide bonds. The van der Waals surface area contributed by atoms with Gasteiger partial charge in [0.2, 0.25) is 0 Å². The fourth-order valence-electron chi connectivity index (χ4n) is 1.94.